The summed E-state index contributed by atoms with van der Waals surface area (Å²) in [5, 5.41) is 5.94. The van der Waals surface area contributed by atoms with Crippen molar-refractivity contribution in [2.75, 3.05) is 20.3 Å². The Morgan fingerprint density at radius 1 is 1.02 bits per heavy atom. The number of hydrogen-bond donors (Lipinski definition) is 3. The Kier molecular flexibility index (Phi) is 11.7. The number of ether oxygens (including phenoxy) is 4. The van der Waals surface area contributed by atoms with Crippen LogP contribution < -0.4 is 29.6 Å². The minimum Gasteiger partial charge on any atom is -0.496 e. The molecule has 3 N–H and O–H groups in total. The van der Waals surface area contributed by atoms with E-state index in [1.165, 1.54) is 11.0 Å². The van der Waals surface area contributed by atoms with E-state index in [0.29, 0.717) is 48.8 Å². The van der Waals surface area contributed by atoms with Gasteiger partial charge in [-0.2, -0.15) is 0 Å². The predicted octanol–water partition coefficient (Wildman–Crippen LogP) is 4.84. The number of aromatic nitrogens is 1. The summed E-state index contributed by atoms with van der Waals surface area (Å²) in [7, 11) is -2.28. The largest absolute Gasteiger partial charge is 0.496 e. The third-order valence-corrected chi connectivity index (χ3v) is 15.2. The quantitative estimate of drug-likeness (QED) is 0.278. The van der Waals surface area contributed by atoms with Crippen molar-refractivity contribution in [1.82, 2.24) is 25.2 Å². The van der Waals surface area contributed by atoms with E-state index in [0.717, 1.165) is 75.2 Å². The Morgan fingerprint density at radius 3 is 2.49 bits per heavy atom. The van der Waals surface area contributed by atoms with Gasteiger partial charge in [-0.1, -0.05) is 25.3 Å². The first-order chi connectivity index (χ1) is 28.4. The zero-order valence-electron chi connectivity index (χ0n) is 34.0. The van der Waals surface area contributed by atoms with Crippen LogP contribution in [-0.2, 0) is 35.6 Å². The van der Waals surface area contributed by atoms with Gasteiger partial charge in [0, 0.05) is 29.9 Å². The summed E-state index contributed by atoms with van der Waals surface area (Å²) in [4.78, 5) is 63.3. The number of hydrogen-bond acceptors (Lipinski definition) is 11. The molecular formula is C43H57N5O10S. The van der Waals surface area contributed by atoms with Crippen molar-refractivity contribution < 1.29 is 46.5 Å². The van der Waals surface area contributed by atoms with Crippen LogP contribution in [-0.4, -0.2) is 97.5 Å². The number of amides is 4. The highest BCUT2D eigenvalue weighted by Crippen LogP contribution is 2.46. The summed E-state index contributed by atoms with van der Waals surface area (Å²) in [5.41, 5.74) is 0.0187. The molecule has 15 nitrogen and oxygen atoms in total. The Morgan fingerprint density at radius 2 is 1.78 bits per heavy atom. The minimum atomic E-state index is -3.91. The maximum atomic E-state index is 15.0. The fraction of sp³-hybridized carbons (Fsp3) is 0.651. The van der Waals surface area contributed by atoms with E-state index in [4.69, 9.17) is 23.9 Å². The Balaban J connectivity index is 1.17. The molecule has 3 heterocycles. The van der Waals surface area contributed by atoms with E-state index in [9.17, 15) is 22.8 Å². The summed E-state index contributed by atoms with van der Waals surface area (Å²) in [5.74, 6) is -0.910. The van der Waals surface area contributed by atoms with Crippen LogP contribution in [0.15, 0.2) is 30.9 Å². The number of methoxy groups -OCH3 is 1. The minimum absolute atomic E-state index is 0.00148. The van der Waals surface area contributed by atoms with Crippen LogP contribution in [0.4, 0.5) is 4.79 Å². The van der Waals surface area contributed by atoms with E-state index < -0.39 is 68.7 Å². The molecule has 59 heavy (non-hydrogen) atoms. The molecule has 16 heteroatoms. The first-order valence-corrected chi connectivity index (χ1v) is 23.1. The number of nitrogens with one attached hydrogen (secondary N) is 3. The molecule has 0 unspecified atom stereocenters. The molecule has 4 amide bonds. The lowest BCUT2D eigenvalue weighted by Gasteiger charge is -2.35. The van der Waals surface area contributed by atoms with Crippen molar-refractivity contribution >= 4 is 44.7 Å². The maximum absolute atomic E-state index is 15.0. The number of fused-ring (bicyclic) bond motifs is 4. The molecule has 7 atom stereocenters. The summed E-state index contributed by atoms with van der Waals surface area (Å²) in [6, 6.07) is 3.54. The van der Waals surface area contributed by atoms with Crippen molar-refractivity contribution in [3.63, 3.8) is 0 Å². The Bertz CT molecular complexity index is 2090. The molecule has 0 spiro atoms. The highest BCUT2D eigenvalue weighted by molar-refractivity contribution is 7.91. The first kappa shape index (κ1) is 41.1. The lowest BCUT2D eigenvalue weighted by atomic mass is 9.83. The molecule has 6 aliphatic rings. The number of carbonyl (C=O) groups excluding carboxylic acids is 4. The average molecular weight is 836 g/mol. The second kappa shape index (κ2) is 16.8. The maximum Gasteiger partial charge on any atom is 0.408 e. The monoisotopic (exact) mass is 835 g/mol. The zero-order chi connectivity index (χ0) is 41.5. The number of carbonyl (C=O) groups is 4. The number of benzene rings is 1. The van der Waals surface area contributed by atoms with Gasteiger partial charge in [-0.05, 0) is 101 Å². The van der Waals surface area contributed by atoms with Crippen LogP contribution in [0.5, 0.6) is 17.4 Å². The summed E-state index contributed by atoms with van der Waals surface area (Å²) >= 11 is 0. The van der Waals surface area contributed by atoms with Crippen molar-refractivity contribution in [3.8, 4) is 17.4 Å². The predicted molar refractivity (Wildman–Crippen MR) is 217 cm³/mol. The summed E-state index contributed by atoms with van der Waals surface area (Å²) in [6.07, 6.45) is 10.3. The molecule has 320 valence electrons. The third-order valence-electron chi connectivity index (χ3n) is 13.4. The molecule has 4 saturated carbocycles. The van der Waals surface area contributed by atoms with Crippen LogP contribution >= 0.6 is 0 Å². The second-order valence-electron chi connectivity index (χ2n) is 17.3. The Hall–Kier alpha value is -4.60. The lowest BCUT2D eigenvalue weighted by molar-refractivity contribution is -0.142. The Labute approximate surface area is 345 Å². The lowest BCUT2D eigenvalue weighted by Crippen LogP contribution is -2.59. The van der Waals surface area contributed by atoms with Gasteiger partial charge < -0.3 is 34.5 Å². The molecule has 5 fully saturated rings. The molecule has 0 radical (unpaired) electrons. The van der Waals surface area contributed by atoms with E-state index in [1.807, 2.05) is 19.1 Å². The molecule has 1 aromatic heterocycles. The van der Waals surface area contributed by atoms with Gasteiger partial charge >= 0.3 is 6.09 Å². The molecule has 2 aromatic rings. The fourth-order valence-electron chi connectivity index (χ4n) is 9.89. The first-order valence-electron chi connectivity index (χ1n) is 21.5. The molecular weight excluding hydrogens is 779 g/mol. The van der Waals surface area contributed by atoms with Gasteiger partial charge in [0.1, 0.15) is 41.3 Å². The molecule has 4 bridgehead atoms. The SMILES string of the molecule is C=C[C@H]1C[C@]1(NC(=O)[C@@H]1C[C@@H]2CN1C(=O)[C@H](C1CCCCC1)NC(=O)O[C@@H]1CCC[C@@H]1CCCc1cc3c(cc(OCC)nc3cc1OC)O2)C(=O)NS(=O)(=O)C1CC1. The summed E-state index contributed by atoms with van der Waals surface area (Å²) < 4.78 is 52.5. The number of sulfonamides is 1. The topological polar surface area (TPSA) is 192 Å². The summed E-state index contributed by atoms with van der Waals surface area (Å²) in [6.45, 7) is 6.05. The van der Waals surface area contributed by atoms with Crippen molar-refractivity contribution in [3.05, 3.63) is 36.4 Å². The van der Waals surface area contributed by atoms with Gasteiger partial charge in [-0.25, -0.2) is 18.2 Å². The van der Waals surface area contributed by atoms with E-state index in [2.05, 4.69) is 21.9 Å². The van der Waals surface area contributed by atoms with Crippen molar-refractivity contribution in [2.24, 2.45) is 17.8 Å². The molecule has 1 aromatic carbocycles. The number of alkyl carbamates (subject to hydrolysis) is 1. The number of aryl methyl sites for hydroxylation is 1. The number of pyridine rings is 1. The molecule has 2 aliphatic heterocycles. The van der Waals surface area contributed by atoms with Crippen molar-refractivity contribution in [2.45, 2.75) is 138 Å². The molecule has 1 saturated heterocycles. The van der Waals surface area contributed by atoms with Gasteiger partial charge in [-0.3, -0.25) is 19.1 Å². The van der Waals surface area contributed by atoms with Crippen LogP contribution in [0.25, 0.3) is 10.9 Å². The van der Waals surface area contributed by atoms with Gasteiger partial charge in [0.05, 0.1) is 31.0 Å². The highest BCUT2D eigenvalue weighted by Gasteiger charge is 2.62. The highest BCUT2D eigenvalue weighted by atomic mass is 32.2. The van der Waals surface area contributed by atoms with Crippen LogP contribution in [0.3, 0.4) is 0 Å². The van der Waals surface area contributed by atoms with Crippen LogP contribution in [0, 0.1) is 17.8 Å². The fourth-order valence-corrected chi connectivity index (χ4v) is 11.3. The molecule has 4 aliphatic carbocycles. The second-order valence-corrected chi connectivity index (χ2v) is 19.2. The normalized spacial score (nSPS) is 30.2. The van der Waals surface area contributed by atoms with Crippen LogP contribution in [0.1, 0.15) is 102 Å². The van der Waals surface area contributed by atoms with Gasteiger partial charge in [0.2, 0.25) is 27.7 Å². The third kappa shape index (κ3) is 8.56. The van der Waals surface area contributed by atoms with E-state index in [-0.39, 0.29) is 37.3 Å². The van der Waals surface area contributed by atoms with E-state index >= 15 is 4.79 Å². The van der Waals surface area contributed by atoms with E-state index in [1.54, 1.807) is 13.2 Å². The number of rotatable bonds is 10. The standard InChI is InChI=1S/C43H57N5O10S/c1-4-28-23-43(28,41(51)47-59(53,54)30-17-18-30)46-39(49)33-20-29-24-48(33)40(50)38(26-11-7-6-8-12-26)45-42(52)58-34-16-10-14-25(34)13-9-15-27-19-31-32(21-35(27)55-3)44-37(56-5-2)22-36(31)57-29/h4,19,21-22,25-26,28-30,33-34,38H,1,5-18,20,23-24H2,2-3H3,(H,45,52)(H,46,49)(H,47,51)/t25-,28-,29+,33-,34+,38-,43+/m0/s1. The van der Waals surface area contributed by atoms with Gasteiger partial charge in [0.25, 0.3) is 5.91 Å². The van der Waals surface area contributed by atoms with Gasteiger partial charge in [0.15, 0.2) is 0 Å². The van der Waals surface area contributed by atoms with Gasteiger partial charge in [-0.15, -0.1) is 6.58 Å². The van der Waals surface area contributed by atoms with Crippen LogP contribution in [0.2, 0.25) is 0 Å². The average Bonchev–Trinajstić information content (AvgIpc) is 4.12. The molecule has 8 rings (SSSR count). The number of nitrogens with zero attached hydrogens (tertiary/aromatic N) is 2. The smallest absolute Gasteiger partial charge is 0.408 e. The zero-order valence-corrected chi connectivity index (χ0v) is 34.9. The van der Waals surface area contributed by atoms with Crippen molar-refractivity contribution in [1.29, 1.82) is 0 Å².